The molecule has 0 aromatic carbocycles. The largest absolute Gasteiger partial charge is 0.544 e. The van der Waals surface area contributed by atoms with E-state index in [9.17, 15) is 9.90 Å². The van der Waals surface area contributed by atoms with Crippen LogP contribution >= 0.6 is 0 Å². The minimum Gasteiger partial charge on any atom is -0.544 e. The zero-order chi connectivity index (χ0) is 11.7. The first kappa shape index (κ1) is 13.7. The Kier molecular flexibility index (Phi) is 6.38. The van der Waals surface area contributed by atoms with Gasteiger partial charge in [0.05, 0.1) is 25.3 Å². The van der Waals surface area contributed by atoms with E-state index in [0.29, 0.717) is 4.48 Å². The molecule has 0 aromatic rings. The fraction of sp³-hybridized carbons (Fsp3) is 0.417. The molecule has 0 amide bonds. The third kappa shape index (κ3) is 5.18. The quantitative estimate of drug-likeness (QED) is 0.460. The van der Waals surface area contributed by atoms with Crippen LogP contribution < -0.4 is 5.11 Å². The van der Waals surface area contributed by atoms with Gasteiger partial charge < -0.3 is 9.90 Å². The summed E-state index contributed by atoms with van der Waals surface area (Å²) >= 11 is 0. The Hall–Kier alpha value is -1.35. The molecule has 0 aromatic heterocycles. The van der Waals surface area contributed by atoms with Crippen molar-refractivity contribution >= 4 is 5.97 Å². The molecule has 0 radical (unpaired) electrons. The lowest BCUT2D eigenvalue weighted by Gasteiger charge is -2.32. The van der Waals surface area contributed by atoms with Crippen LogP contribution in [0.5, 0.6) is 0 Å². The number of quaternary nitrogens is 1. The maximum atomic E-state index is 10.6. The van der Waals surface area contributed by atoms with Gasteiger partial charge in [-0.2, -0.15) is 0 Å². The lowest BCUT2D eigenvalue weighted by molar-refractivity contribution is -0.870. The normalized spacial score (nSPS) is 12.4. The smallest absolute Gasteiger partial charge is 0.123 e. The van der Waals surface area contributed by atoms with E-state index in [0.717, 1.165) is 13.1 Å². The molecule has 0 rings (SSSR count). The highest BCUT2D eigenvalue weighted by molar-refractivity contribution is 5.65. The number of nitrogens with zero attached hydrogens (tertiary/aromatic N) is 1. The highest BCUT2D eigenvalue weighted by Crippen LogP contribution is 2.07. The van der Waals surface area contributed by atoms with Crippen LogP contribution in [-0.2, 0) is 4.79 Å². The molecular weight excluding hydrogens is 190 g/mol. The second-order valence-corrected chi connectivity index (χ2v) is 3.34. The van der Waals surface area contributed by atoms with Gasteiger partial charge >= 0.3 is 0 Å². The van der Waals surface area contributed by atoms with Gasteiger partial charge in [-0.1, -0.05) is 24.8 Å². The summed E-state index contributed by atoms with van der Waals surface area (Å²) in [5.74, 6) is -1.02. The molecule has 0 spiro atoms. The van der Waals surface area contributed by atoms with Gasteiger partial charge in [-0.25, -0.2) is 0 Å². The number of carboxylic acids is 1. The summed E-state index contributed by atoms with van der Waals surface area (Å²) in [6, 6.07) is 0. The Balaban J connectivity index is 4.62. The van der Waals surface area contributed by atoms with Crippen molar-refractivity contribution in [1.82, 2.24) is 0 Å². The Morgan fingerprint density at radius 2 is 1.87 bits per heavy atom. The van der Waals surface area contributed by atoms with E-state index in [1.807, 2.05) is 32.2 Å². The van der Waals surface area contributed by atoms with E-state index >= 15 is 0 Å². The first-order valence-corrected chi connectivity index (χ1v) is 5.12. The predicted octanol–water partition coefficient (Wildman–Crippen LogP) is 0.849. The second-order valence-electron chi connectivity index (χ2n) is 3.34. The highest BCUT2D eigenvalue weighted by atomic mass is 16.4. The van der Waals surface area contributed by atoms with Crippen molar-refractivity contribution in [3.05, 3.63) is 37.1 Å². The summed E-state index contributed by atoms with van der Waals surface area (Å²) < 4.78 is 0.407. The Morgan fingerprint density at radius 1 is 1.27 bits per heavy atom. The van der Waals surface area contributed by atoms with Gasteiger partial charge in [0.25, 0.3) is 0 Å². The number of carbonyl (C=O) groups excluding carboxylic acids is 1. The topological polar surface area (TPSA) is 40.1 Å². The molecule has 0 aliphatic rings. The van der Waals surface area contributed by atoms with Crippen LogP contribution in [0.1, 0.15) is 13.8 Å². The van der Waals surface area contributed by atoms with Crippen LogP contribution in [0.2, 0.25) is 0 Å². The van der Waals surface area contributed by atoms with Crippen LogP contribution in [0.25, 0.3) is 0 Å². The number of hydrogen-bond donors (Lipinski definition) is 0. The molecule has 0 unspecified atom stereocenters. The van der Waals surface area contributed by atoms with Crippen molar-refractivity contribution in [2.45, 2.75) is 13.8 Å². The Labute approximate surface area is 91.6 Å². The second kappa shape index (κ2) is 7.01. The average Bonchev–Trinajstić information content (AvgIpc) is 2.22. The SMILES string of the molecule is C=C/C=C/C=C/[N+](CC)(CC)CC(=O)[O-]. The molecule has 0 bridgehead atoms. The van der Waals surface area contributed by atoms with Crippen molar-refractivity contribution < 1.29 is 14.4 Å². The van der Waals surface area contributed by atoms with Gasteiger partial charge in [-0.3, -0.25) is 4.48 Å². The minimum atomic E-state index is -1.02. The first-order valence-electron chi connectivity index (χ1n) is 5.12. The molecule has 3 heteroatoms. The van der Waals surface area contributed by atoms with Gasteiger partial charge in [0.1, 0.15) is 6.54 Å². The monoisotopic (exact) mass is 209 g/mol. The van der Waals surface area contributed by atoms with Gasteiger partial charge in [0, 0.05) is 0 Å². The maximum absolute atomic E-state index is 10.6. The molecule has 0 N–H and O–H groups in total. The van der Waals surface area contributed by atoms with Crippen LogP contribution in [0.4, 0.5) is 0 Å². The Morgan fingerprint density at radius 3 is 2.27 bits per heavy atom. The van der Waals surface area contributed by atoms with E-state index in [2.05, 4.69) is 6.58 Å². The number of aliphatic carboxylic acids is 1. The fourth-order valence-corrected chi connectivity index (χ4v) is 1.34. The van der Waals surface area contributed by atoms with Crippen molar-refractivity contribution in [3.63, 3.8) is 0 Å². The molecule has 0 heterocycles. The van der Waals surface area contributed by atoms with Crippen molar-refractivity contribution in [2.75, 3.05) is 19.6 Å². The van der Waals surface area contributed by atoms with E-state index in [1.54, 1.807) is 12.2 Å². The number of allylic oxidation sites excluding steroid dienone is 4. The van der Waals surface area contributed by atoms with Crippen LogP contribution in [0.15, 0.2) is 37.1 Å². The molecule has 0 fully saturated rings. The lowest BCUT2D eigenvalue weighted by atomic mass is 10.3. The molecular formula is C12H19NO2. The number of likely N-dealkylation sites (N-methyl/N-ethyl adjacent to an activating group) is 1. The van der Waals surface area contributed by atoms with E-state index in [-0.39, 0.29) is 6.54 Å². The summed E-state index contributed by atoms with van der Waals surface area (Å²) in [6.07, 6.45) is 9.04. The predicted molar refractivity (Wildman–Crippen MR) is 59.7 cm³/mol. The fourth-order valence-electron chi connectivity index (χ4n) is 1.34. The molecule has 0 atom stereocenters. The molecule has 0 aliphatic carbocycles. The summed E-state index contributed by atoms with van der Waals surface area (Å²) in [7, 11) is 0. The zero-order valence-corrected chi connectivity index (χ0v) is 9.48. The van der Waals surface area contributed by atoms with Crippen LogP contribution in [-0.4, -0.2) is 30.1 Å². The first-order chi connectivity index (χ1) is 7.10. The maximum Gasteiger partial charge on any atom is 0.123 e. The highest BCUT2D eigenvalue weighted by Gasteiger charge is 2.19. The van der Waals surface area contributed by atoms with Gasteiger partial charge in [0.2, 0.25) is 0 Å². The lowest BCUT2D eigenvalue weighted by Crippen LogP contribution is -2.50. The minimum absolute atomic E-state index is 0.0193. The van der Waals surface area contributed by atoms with E-state index < -0.39 is 5.97 Å². The molecule has 84 valence electrons. The van der Waals surface area contributed by atoms with Crippen molar-refractivity contribution in [3.8, 4) is 0 Å². The van der Waals surface area contributed by atoms with E-state index in [1.165, 1.54) is 0 Å². The van der Waals surface area contributed by atoms with Gasteiger partial charge in [-0.05, 0) is 19.9 Å². The average molecular weight is 209 g/mol. The number of carbonyl (C=O) groups is 1. The number of hydrogen-bond acceptors (Lipinski definition) is 2. The number of rotatable bonds is 7. The third-order valence-corrected chi connectivity index (χ3v) is 2.46. The Bertz CT molecular complexity index is 263. The van der Waals surface area contributed by atoms with Gasteiger partial charge in [-0.15, -0.1) is 0 Å². The van der Waals surface area contributed by atoms with Crippen molar-refractivity contribution in [2.24, 2.45) is 0 Å². The van der Waals surface area contributed by atoms with E-state index in [4.69, 9.17) is 0 Å². The summed E-state index contributed by atoms with van der Waals surface area (Å²) in [5, 5.41) is 10.6. The van der Waals surface area contributed by atoms with Crippen LogP contribution in [0.3, 0.4) is 0 Å². The molecule has 0 saturated carbocycles. The molecule has 0 aliphatic heterocycles. The summed E-state index contributed by atoms with van der Waals surface area (Å²) in [5.41, 5.74) is 0. The number of carboxylic acid groups (broad SMARTS) is 1. The zero-order valence-electron chi connectivity index (χ0n) is 9.48. The molecule has 0 saturated heterocycles. The standard InChI is InChI=1S/C12H19NO2/c1-4-7-8-9-10-13(5-2,6-3)11-12(14)15/h4,7-10H,1,5-6,11H2,2-3H3/b8-7+,10-9+. The van der Waals surface area contributed by atoms with Crippen molar-refractivity contribution in [1.29, 1.82) is 0 Å². The third-order valence-electron chi connectivity index (χ3n) is 2.46. The summed E-state index contributed by atoms with van der Waals surface area (Å²) in [6.45, 7) is 8.98. The molecule has 3 nitrogen and oxygen atoms in total. The van der Waals surface area contributed by atoms with Crippen LogP contribution in [0, 0.1) is 0 Å². The summed E-state index contributed by atoms with van der Waals surface area (Å²) in [4.78, 5) is 10.6. The molecule has 15 heavy (non-hydrogen) atoms. The van der Waals surface area contributed by atoms with Gasteiger partial charge in [0.15, 0.2) is 0 Å².